The van der Waals surface area contributed by atoms with E-state index in [1.807, 2.05) is 24.3 Å². The Kier molecular flexibility index (Phi) is 5.33. The van der Waals surface area contributed by atoms with Gasteiger partial charge in [0, 0.05) is 12.2 Å². The number of ether oxygens (including phenoxy) is 3. The summed E-state index contributed by atoms with van der Waals surface area (Å²) in [5, 5.41) is 2.86. The molecular weight excluding hydrogens is 306 g/mol. The number of anilines is 1. The predicted octanol–water partition coefficient (Wildman–Crippen LogP) is 3.51. The van der Waals surface area contributed by atoms with Crippen molar-refractivity contribution in [2.24, 2.45) is 0 Å². The number of nitrogens with one attached hydrogen (secondary N) is 1. The molecule has 24 heavy (non-hydrogen) atoms. The second kappa shape index (κ2) is 7.84. The Morgan fingerprint density at radius 3 is 2.92 bits per heavy atom. The highest BCUT2D eigenvalue weighted by Crippen LogP contribution is 2.24. The van der Waals surface area contributed by atoms with Crippen LogP contribution in [0.4, 0.5) is 5.69 Å². The summed E-state index contributed by atoms with van der Waals surface area (Å²) < 4.78 is 16.5. The van der Waals surface area contributed by atoms with Crippen LogP contribution in [0, 0.1) is 0 Å². The van der Waals surface area contributed by atoms with Crippen LogP contribution >= 0.6 is 0 Å². The number of carbonyl (C=O) groups excluding carboxylic acids is 1. The second-order valence-corrected chi connectivity index (χ2v) is 5.63. The predicted molar refractivity (Wildman–Crippen MR) is 91.9 cm³/mol. The van der Waals surface area contributed by atoms with Gasteiger partial charge in [-0.2, -0.15) is 0 Å². The standard InChI is InChI=1S/C19H21NO4/c1-22-18-10-3-2-9-17(18)20-19(21)14-6-4-7-15(12-14)24-13-16-8-5-11-23-16/h2-4,6-7,9-10,12,16H,5,8,11,13H2,1H3,(H,20,21). The van der Waals surface area contributed by atoms with Crippen molar-refractivity contribution in [2.45, 2.75) is 18.9 Å². The number of hydrogen-bond acceptors (Lipinski definition) is 4. The molecule has 1 aliphatic heterocycles. The zero-order chi connectivity index (χ0) is 16.8. The van der Waals surface area contributed by atoms with E-state index in [9.17, 15) is 4.79 Å². The zero-order valence-electron chi connectivity index (χ0n) is 13.7. The van der Waals surface area contributed by atoms with Crippen molar-refractivity contribution in [1.29, 1.82) is 0 Å². The van der Waals surface area contributed by atoms with Gasteiger partial charge in [0.1, 0.15) is 18.1 Å². The van der Waals surface area contributed by atoms with Crippen molar-refractivity contribution in [3.63, 3.8) is 0 Å². The first kappa shape index (κ1) is 16.3. The fraction of sp³-hybridized carbons (Fsp3) is 0.316. The Bertz CT molecular complexity index is 695. The molecule has 5 nitrogen and oxygen atoms in total. The number of hydrogen-bond donors (Lipinski definition) is 1. The van der Waals surface area contributed by atoms with E-state index < -0.39 is 0 Å². The first-order valence-corrected chi connectivity index (χ1v) is 8.05. The van der Waals surface area contributed by atoms with Crippen LogP contribution in [0.3, 0.4) is 0 Å². The largest absolute Gasteiger partial charge is 0.495 e. The molecule has 3 rings (SSSR count). The van der Waals surface area contributed by atoms with E-state index in [2.05, 4.69) is 5.32 Å². The van der Waals surface area contributed by atoms with Crippen LogP contribution in [0.1, 0.15) is 23.2 Å². The summed E-state index contributed by atoms with van der Waals surface area (Å²) >= 11 is 0. The van der Waals surface area contributed by atoms with Gasteiger partial charge in [0.05, 0.1) is 18.9 Å². The Balaban J connectivity index is 1.65. The van der Waals surface area contributed by atoms with Gasteiger partial charge in [0.15, 0.2) is 0 Å². The third-order valence-electron chi connectivity index (χ3n) is 3.91. The molecule has 1 amide bonds. The summed E-state index contributed by atoms with van der Waals surface area (Å²) in [5.41, 5.74) is 1.17. The van der Waals surface area contributed by atoms with Gasteiger partial charge in [-0.3, -0.25) is 4.79 Å². The number of para-hydroxylation sites is 2. The van der Waals surface area contributed by atoms with Gasteiger partial charge in [-0.1, -0.05) is 18.2 Å². The monoisotopic (exact) mass is 327 g/mol. The maximum Gasteiger partial charge on any atom is 0.255 e. The van der Waals surface area contributed by atoms with Crippen molar-refractivity contribution < 1.29 is 19.0 Å². The van der Waals surface area contributed by atoms with E-state index in [-0.39, 0.29) is 12.0 Å². The average Bonchev–Trinajstić information content (AvgIpc) is 3.14. The van der Waals surface area contributed by atoms with E-state index in [1.54, 1.807) is 31.4 Å². The molecule has 0 spiro atoms. The summed E-state index contributed by atoms with van der Waals surface area (Å²) in [5.74, 6) is 1.08. The number of carbonyl (C=O) groups is 1. The number of benzene rings is 2. The minimum absolute atomic E-state index is 0.149. The van der Waals surface area contributed by atoms with Crippen molar-refractivity contribution in [3.8, 4) is 11.5 Å². The summed E-state index contributed by atoms with van der Waals surface area (Å²) in [7, 11) is 1.57. The molecular formula is C19H21NO4. The molecule has 1 aliphatic rings. The lowest BCUT2D eigenvalue weighted by Gasteiger charge is -2.13. The molecule has 0 radical (unpaired) electrons. The van der Waals surface area contributed by atoms with Crippen LogP contribution in [0.2, 0.25) is 0 Å². The van der Waals surface area contributed by atoms with Crippen molar-refractivity contribution in [2.75, 3.05) is 25.6 Å². The average molecular weight is 327 g/mol. The lowest BCUT2D eigenvalue weighted by molar-refractivity contribution is 0.0679. The zero-order valence-corrected chi connectivity index (χ0v) is 13.7. The molecule has 1 unspecified atom stereocenters. The fourth-order valence-corrected chi connectivity index (χ4v) is 2.63. The number of methoxy groups -OCH3 is 1. The van der Waals surface area contributed by atoms with Crippen molar-refractivity contribution in [3.05, 3.63) is 54.1 Å². The molecule has 0 aliphatic carbocycles. The Labute approximate surface area is 141 Å². The van der Waals surface area contributed by atoms with Crippen LogP contribution in [0.25, 0.3) is 0 Å². The molecule has 1 heterocycles. The van der Waals surface area contributed by atoms with Crippen LogP contribution in [0.5, 0.6) is 11.5 Å². The molecule has 0 bridgehead atoms. The molecule has 126 valence electrons. The normalized spacial score (nSPS) is 16.6. The number of amides is 1. The van der Waals surface area contributed by atoms with Crippen molar-refractivity contribution >= 4 is 11.6 Å². The molecule has 5 heteroatoms. The lowest BCUT2D eigenvalue weighted by Crippen LogP contribution is -2.17. The second-order valence-electron chi connectivity index (χ2n) is 5.63. The molecule has 1 fully saturated rings. The van der Waals surface area contributed by atoms with Crippen LogP contribution in [0.15, 0.2) is 48.5 Å². The highest BCUT2D eigenvalue weighted by Gasteiger charge is 2.16. The lowest BCUT2D eigenvalue weighted by atomic mass is 10.2. The van der Waals surface area contributed by atoms with Gasteiger partial charge in [-0.05, 0) is 43.2 Å². The third kappa shape index (κ3) is 4.06. The fourth-order valence-electron chi connectivity index (χ4n) is 2.63. The molecule has 2 aromatic rings. The molecule has 1 saturated heterocycles. The van der Waals surface area contributed by atoms with E-state index in [0.717, 1.165) is 19.4 Å². The quantitative estimate of drug-likeness (QED) is 0.882. The SMILES string of the molecule is COc1ccccc1NC(=O)c1cccc(OCC2CCCO2)c1. The van der Waals surface area contributed by atoms with E-state index in [4.69, 9.17) is 14.2 Å². The Morgan fingerprint density at radius 1 is 1.25 bits per heavy atom. The molecule has 1 atom stereocenters. The van der Waals surface area contributed by atoms with E-state index >= 15 is 0 Å². The molecule has 2 aromatic carbocycles. The minimum atomic E-state index is -0.206. The summed E-state index contributed by atoms with van der Waals surface area (Å²) in [6.07, 6.45) is 2.25. The maximum atomic E-state index is 12.4. The van der Waals surface area contributed by atoms with E-state index in [1.165, 1.54) is 0 Å². The highest BCUT2D eigenvalue weighted by atomic mass is 16.5. The molecule has 1 N–H and O–H groups in total. The summed E-state index contributed by atoms with van der Waals surface area (Å²) in [6, 6.07) is 14.4. The maximum absolute atomic E-state index is 12.4. The van der Waals surface area contributed by atoms with E-state index in [0.29, 0.717) is 29.4 Å². The summed E-state index contributed by atoms with van der Waals surface area (Å²) in [4.78, 5) is 12.4. The number of rotatable bonds is 6. The first-order chi connectivity index (χ1) is 11.8. The van der Waals surface area contributed by atoms with Gasteiger partial charge in [-0.15, -0.1) is 0 Å². The van der Waals surface area contributed by atoms with Gasteiger partial charge in [0.2, 0.25) is 0 Å². The minimum Gasteiger partial charge on any atom is -0.495 e. The van der Waals surface area contributed by atoms with Gasteiger partial charge in [0.25, 0.3) is 5.91 Å². The van der Waals surface area contributed by atoms with Gasteiger partial charge >= 0.3 is 0 Å². The third-order valence-corrected chi connectivity index (χ3v) is 3.91. The highest BCUT2D eigenvalue weighted by molar-refractivity contribution is 6.05. The van der Waals surface area contributed by atoms with Crippen LogP contribution in [-0.2, 0) is 4.74 Å². The molecule has 0 aromatic heterocycles. The van der Waals surface area contributed by atoms with Crippen LogP contribution < -0.4 is 14.8 Å². The van der Waals surface area contributed by atoms with Crippen LogP contribution in [-0.4, -0.2) is 32.3 Å². The topological polar surface area (TPSA) is 56.8 Å². The summed E-state index contributed by atoms with van der Waals surface area (Å²) in [6.45, 7) is 1.31. The Hall–Kier alpha value is -2.53. The van der Waals surface area contributed by atoms with Gasteiger partial charge in [-0.25, -0.2) is 0 Å². The molecule has 0 saturated carbocycles. The first-order valence-electron chi connectivity index (χ1n) is 8.05. The smallest absolute Gasteiger partial charge is 0.255 e. The van der Waals surface area contributed by atoms with Crippen molar-refractivity contribution in [1.82, 2.24) is 0 Å². The Morgan fingerprint density at radius 2 is 2.12 bits per heavy atom. The van der Waals surface area contributed by atoms with Gasteiger partial charge < -0.3 is 19.5 Å².